The second-order valence-electron chi connectivity index (χ2n) is 8.43. The standard InChI is InChI=1S/C25H34N2O4/c1-18(2)17-31-22-11-10-21(14-23(22)29-4)19(3)26-25(28)24-16-27(12-13-30-24)15-20-8-6-5-7-9-20/h5-11,14,18-19,24H,12-13,15-17H2,1-4H3,(H,26,28). The topological polar surface area (TPSA) is 60.0 Å². The molecule has 0 radical (unpaired) electrons. The van der Waals surface area contributed by atoms with E-state index in [1.54, 1.807) is 7.11 Å². The monoisotopic (exact) mass is 426 g/mol. The zero-order valence-electron chi connectivity index (χ0n) is 19.0. The molecular formula is C25H34N2O4. The lowest BCUT2D eigenvalue weighted by molar-refractivity contribution is -0.139. The zero-order valence-corrected chi connectivity index (χ0v) is 19.0. The van der Waals surface area contributed by atoms with Crippen molar-refractivity contribution >= 4 is 5.91 Å². The van der Waals surface area contributed by atoms with Crippen LogP contribution in [-0.4, -0.2) is 50.3 Å². The molecule has 1 amide bonds. The SMILES string of the molecule is COc1cc(C(C)NC(=O)C2CN(Cc3ccccc3)CCO2)ccc1OCC(C)C. The second kappa shape index (κ2) is 11.2. The smallest absolute Gasteiger partial charge is 0.250 e. The number of rotatable bonds is 9. The zero-order chi connectivity index (χ0) is 22.2. The van der Waals surface area contributed by atoms with E-state index in [4.69, 9.17) is 14.2 Å². The Kier molecular flexibility index (Phi) is 8.32. The molecule has 1 aliphatic heterocycles. The first-order valence-corrected chi connectivity index (χ1v) is 10.9. The first-order chi connectivity index (χ1) is 15.0. The van der Waals surface area contributed by atoms with E-state index in [1.165, 1.54) is 5.56 Å². The number of hydrogen-bond acceptors (Lipinski definition) is 5. The average Bonchev–Trinajstić information content (AvgIpc) is 2.78. The molecule has 0 spiro atoms. The van der Waals surface area contributed by atoms with Gasteiger partial charge in [0, 0.05) is 19.6 Å². The van der Waals surface area contributed by atoms with Crippen molar-refractivity contribution in [3.8, 4) is 11.5 Å². The van der Waals surface area contributed by atoms with Crippen LogP contribution in [0.4, 0.5) is 0 Å². The second-order valence-corrected chi connectivity index (χ2v) is 8.43. The molecule has 0 aromatic heterocycles. The van der Waals surface area contributed by atoms with Crippen molar-refractivity contribution in [3.63, 3.8) is 0 Å². The molecule has 0 aliphatic carbocycles. The summed E-state index contributed by atoms with van der Waals surface area (Å²) in [6, 6.07) is 15.9. The molecule has 2 aromatic rings. The van der Waals surface area contributed by atoms with E-state index < -0.39 is 6.10 Å². The van der Waals surface area contributed by atoms with Crippen LogP contribution in [0.5, 0.6) is 11.5 Å². The maximum Gasteiger partial charge on any atom is 0.250 e. The third-order valence-corrected chi connectivity index (χ3v) is 5.31. The number of nitrogens with zero attached hydrogens (tertiary/aromatic N) is 1. The van der Waals surface area contributed by atoms with Crippen LogP contribution in [-0.2, 0) is 16.1 Å². The number of benzene rings is 2. The van der Waals surface area contributed by atoms with Gasteiger partial charge in [-0.25, -0.2) is 0 Å². The molecule has 31 heavy (non-hydrogen) atoms. The minimum Gasteiger partial charge on any atom is -0.493 e. The van der Waals surface area contributed by atoms with Crippen LogP contribution in [0.1, 0.15) is 37.9 Å². The summed E-state index contributed by atoms with van der Waals surface area (Å²) in [7, 11) is 1.63. The van der Waals surface area contributed by atoms with Gasteiger partial charge in [0.05, 0.1) is 26.4 Å². The molecule has 1 heterocycles. The summed E-state index contributed by atoms with van der Waals surface area (Å²) in [6.07, 6.45) is -0.476. The van der Waals surface area contributed by atoms with Gasteiger partial charge in [0.1, 0.15) is 6.10 Å². The third-order valence-electron chi connectivity index (χ3n) is 5.31. The number of methoxy groups -OCH3 is 1. The van der Waals surface area contributed by atoms with Crippen molar-refractivity contribution in [1.29, 1.82) is 0 Å². The van der Waals surface area contributed by atoms with E-state index in [-0.39, 0.29) is 11.9 Å². The largest absolute Gasteiger partial charge is 0.493 e. The quantitative estimate of drug-likeness (QED) is 0.661. The van der Waals surface area contributed by atoms with Gasteiger partial charge in [0.25, 0.3) is 5.91 Å². The van der Waals surface area contributed by atoms with Gasteiger partial charge >= 0.3 is 0 Å². The maximum absolute atomic E-state index is 12.9. The van der Waals surface area contributed by atoms with E-state index in [9.17, 15) is 4.79 Å². The van der Waals surface area contributed by atoms with E-state index in [0.29, 0.717) is 37.2 Å². The van der Waals surface area contributed by atoms with E-state index in [1.807, 2.05) is 43.3 Å². The van der Waals surface area contributed by atoms with Crippen LogP contribution in [0.3, 0.4) is 0 Å². The average molecular weight is 427 g/mol. The van der Waals surface area contributed by atoms with Gasteiger partial charge in [-0.15, -0.1) is 0 Å². The lowest BCUT2D eigenvalue weighted by atomic mass is 10.1. The number of amides is 1. The van der Waals surface area contributed by atoms with Crippen LogP contribution in [0.2, 0.25) is 0 Å². The van der Waals surface area contributed by atoms with Crippen LogP contribution >= 0.6 is 0 Å². The molecule has 3 rings (SSSR count). The molecule has 1 saturated heterocycles. The van der Waals surface area contributed by atoms with Crippen molar-refractivity contribution in [1.82, 2.24) is 10.2 Å². The fraction of sp³-hybridized carbons (Fsp3) is 0.480. The van der Waals surface area contributed by atoms with Gasteiger partial charge in [0.2, 0.25) is 0 Å². The number of carbonyl (C=O) groups is 1. The summed E-state index contributed by atoms with van der Waals surface area (Å²) in [5.41, 5.74) is 2.20. The van der Waals surface area contributed by atoms with E-state index in [0.717, 1.165) is 18.7 Å². The highest BCUT2D eigenvalue weighted by molar-refractivity contribution is 5.81. The third kappa shape index (κ3) is 6.71. The number of hydrogen-bond donors (Lipinski definition) is 1. The van der Waals surface area contributed by atoms with Crippen molar-refractivity contribution in [3.05, 3.63) is 59.7 Å². The first-order valence-electron chi connectivity index (χ1n) is 10.9. The van der Waals surface area contributed by atoms with Crippen molar-refractivity contribution in [2.45, 2.75) is 39.5 Å². The Hall–Kier alpha value is -2.57. The van der Waals surface area contributed by atoms with E-state index in [2.05, 4.69) is 36.2 Å². The van der Waals surface area contributed by atoms with Crippen LogP contribution in [0.15, 0.2) is 48.5 Å². The highest BCUT2D eigenvalue weighted by atomic mass is 16.5. The lowest BCUT2D eigenvalue weighted by Crippen LogP contribution is -2.49. The Morgan fingerprint density at radius 3 is 2.65 bits per heavy atom. The van der Waals surface area contributed by atoms with Gasteiger partial charge in [-0.2, -0.15) is 0 Å². The Balaban J connectivity index is 1.58. The highest BCUT2D eigenvalue weighted by Gasteiger charge is 2.28. The molecule has 6 nitrogen and oxygen atoms in total. The fourth-order valence-corrected chi connectivity index (χ4v) is 3.57. The summed E-state index contributed by atoms with van der Waals surface area (Å²) in [5.74, 6) is 1.72. The predicted octanol–water partition coefficient (Wildman–Crippen LogP) is 3.81. The van der Waals surface area contributed by atoms with Crippen molar-refractivity contribution in [2.75, 3.05) is 33.4 Å². The van der Waals surface area contributed by atoms with Crippen molar-refractivity contribution < 1.29 is 19.0 Å². The van der Waals surface area contributed by atoms with Gasteiger partial charge in [-0.05, 0) is 36.1 Å². The Bertz CT molecular complexity index is 841. The molecule has 1 N–H and O–H groups in total. The highest BCUT2D eigenvalue weighted by Crippen LogP contribution is 2.30. The predicted molar refractivity (Wildman–Crippen MR) is 121 cm³/mol. The summed E-state index contributed by atoms with van der Waals surface area (Å²) < 4.78 is 17.1. The van der Waals surface area contributed by atoms with Gasteiger partial charge in [0.15, 0.2) is 11.5 Å². The molecule has 2 unspecified atom stereocenters. The van der Waals surface area contributed by atoms with Crippen LogP contribution in [0.25, 0.3) is 0 Å². The van der Waals surface area contributed by atoms with E-state index >= 15 is 0 Å². The van der Waals surface area contributed by atoms with Gasteiger partial charge in [-0.1, -0.05) is 50.2 Å². The summed E-state index contributed by atoms with van der Waals surface area (Å²) in [4.78, 5) is 15.1. The molecule has 0 bridgehead atoms. The number of nitrogens with one attached hydrogen (secondary N) is 1. The molecule has 0 saturated carbocycles. The number of carbonyl (C=O) groups excluding carboxylic acids is 1. The van der Waals surface area contributed by atoms with Gasteiger partial charge < -0.3 is 19.5 Å². The maximum atomic E-state index is 12.9. The lowest BCUT2D eigenvalue weighted by Gasteiger charge is -2.32. The molecule has 2 atom stereocenters. The fourth-order valence-electron chi connectivity index (χ4n) is 3.57. The number of ether oxygens (including phenoxy) is 3. The molecule has 6 heteroatoms. The normalized spacial score (nSPS) is 17.9. The van der Waals surface area contributed by atoms with Crippen LogP contribution < -0.4 is 14.8 Å². The molecule has 168 valence electrons. The minimum absolute atomic E-state index is 0.0932. The molecule has 1 aliphatic rings. The Labute approximate surface area is 185 Å². The summed E-state index contributed by atoms with van der Waals surface area (Å²) >= 11 is 0. The molecular weight excluding hydrogens is 392 g/mol. The minimum atomic E-state index is -0.476. The van der Waals surface area contributed by atoms with Crippen LogP contribution in [0, 0.1) is 5.92 Å². The molecule has 2 aromatic carbocycles. The summed E-state index contributed by atoms with van der Waals surface area (Å²) in [5, 5.41) is 3.08. The Morgan fingerprint density at radius 1 is 1.16 bits per heavy atom. The Morgan fingerprint density at radius 2 is 1.94 bits per heavy atom. The summed E-state index contributed by atoms with van der Waals surface area (Å²) in [6.45, 7) is 9.57. The van der Waals surface area contributed by atoms with Crippen molar-refractivity contribution in [2.24, 2.45) is 5.92 Å². The number of morpholine rings is 1. The molecule has 1 fully saturated rings. The first kappa shape index (κ1) is 23.1. The van der Waals surface area contributed by atoms with Gasteiger partial charge in [-0.3, -0.25) is 9.69 Å².